The Hall–Kier alpha value is -3.54. The van der Waals surface area contributed by atoms with Crippen molar-refractivity contribution in [2.45, 2.75) is 174 Å². The van der Waals surface area contributed by atoms with E-state index < -0.39 is 102 Å². The standard InChI is InChI=1S/C46H70ClN3O13/c1-14-34-46(11)38(49(42(54)63-46)20-19-31-15-17-32(47)18-16-31)28(7)35(51)25(4)22-45(10,57-13)39(62-41-36(52)33(21-27(6)59-41)48(12)24(2)3)29(8)37(30(9)40(53)60-34)61-44(56)50-26(5)23-58-43(50)55/h15-18,24-30,33-34,36-39,41,52H,14,19-23H2,1-13H3/t25-,26+,27-,28+,29+,30-,33+,34-,36-,37+,38-,39-,41?,45+,46-/m1/s1. The highest BCUT2D eigenvalue weighted by Gasteiger charge is 2.61. The molecule has 4 aliphatic rings. The van der Waals surface area contributed by atoms with Gasteiger partial charge in [-0.05, 0) is 98.9 Å². The van der Waals surface area contributed by atoms with E-state index in [1.54, 1.807) is 72.4 Å². The Morgan fingerprint density at radius 3 is 2.24 bits per heavy atom. The molecule has 0 aliphatic carbocycles. The van der Waals surface area contributed by atoms with Crippen LogP contribution in [0.3, 0.4) is 0 Å². The Morgan fingerprint density at radius 2 is 1.67 bits per heavy atom. The summed E-state index contributed by atoms with van der Waals surface area (Å²) in [6.45, 7) is 19.8. The third-order valence-electron chi connectivity index (χ3n) is 14.1. The van der Waals surface area contributed by atoms with Crippen LogP contribution >= 0.6 is 11.6 Å². The summed E-state index contributed by atoms with van der Waals surface area (Å²) < 4.78 is 43.4. The number of ketones is 1. The predicted molar refractivity (Wildman–Crippen MR) is 232 cm³/mol. The first kappa shape index (κ1) is 50.5. The SMILES string of the molecule is CC[C@H]1OC(=O)[C@H](C)[C@@H](OC(=O)N2C(=O)OC[C@@H]2C)[C@H](C)[C@@H](OC2O[C@H](C)C[C@H](N(C)C(C)C)[C@H]2O)[C@@](C)(OC)C[C@@H](C)C(=O)[C@H](C)[C@H]2N(CCc3ccc(Cl)cc3)C(=O)O[C@]12C. The zero-order valence-electron chi connectivity index (χ0n) is 39.2. The first-order valence-corrected chi connectivity index (χ1v) is 22.8. The minimum atomic E-state index is -1.49. The summed E-state index contributed by atoms with van der Waals surface area (Å²) in [4.78, 5) is 74.9. The van der Waals surface area contributed by atoms with Gasteiger partial charge in [-0.1, -0.05) is 51.4 Å². The lowest BCUT2D eigenvalue weighted by Crippen LogP contribution is -2.61. The number of methoxy groups -OCH3 is 1. The lowest BCUT2D eigenvalue weighted by atomic mass is 9.73. The molecule has 0 radical (unpaired) electrons. The molecule has 0 bridgehead atoms. The number of imide groups is 1. The molecule has 0 saturated carbocycles. The van der Waals surface area contributed by atoms with Crippen LogP contribution < -0.4 is 0 Å². The number of rotatable bonds is 10. The summed E-state index contributed by atoms with van der Waals surface area (Å²) in [5, 5.41) is 12.5. The second kappa shape index (κ2) is 20.3. The number of cyclic esters (lactones) is 2. The molecule has 5 rings (SSSR count). The van der Waals surface area contributed by atoms with Crippen molar-refractivity contribution >= 4 is 41.6 Å². The lowest BCUT2D eigenvalue weighted by molar-refractivity contribution is -0.302. The Labute approximate surface area is 377 Å². The molecule has 1 unspecified atom stereocenters. The van der Waals surface area contributed by atoms with Gasteiger partial charge < -0.3 is 38.3 Å². The number of Topliss-reactive ketones (excluding diaryl/α,β-unsaturated/α-hetero) is 1. The third-order valence-corrected chi connectivity index (χ3v) is 14.3. The first-order chi connectivity index (χ1) is 29.5. The van der Waals surface area contributed by atoms with Crippen LogP contribution in [0.5, 0.6) is 0 Å². The van der Waals surface area contributed by atoms with Gasteiger partial charge in [0.15, 0.2) is 11.9 Å². The van der Waals surface area contributed by atoms with E-state index in [-0.39, 0.29) is 50.0 Å². The maximum Gasteiger partial charge on any atom is 0.419 e. The van der Waals surface area contributed by atoms with Gasteiger partial charge in [0.1, 0.15) is 30.7 Å². The van der Waals surface area contributed by atoms with E-state index in [0.717, 1.165) is 10.5 Å². The molecule has 4 aliphatic heterocycles. The minimum absolute atomic E-state index is 0.0436. The van der Waals surface area contributed by atoms with Crippen LogP contribution in [0.1, 0.15) is 101 Å². The number of aliphatic hydroxyl groups is 1. The average molecular weight is 909 g/mol. The molecule has 4 saturated heterocycles. The van der Waals surface area contributed by atoms with Gasteiger partial charge >= 0.3 is 24.2 Å². The fourth-order valence-corrected chi connectivity index (χ4v) is 10.3. The zero-order valence-corrected chi connectivity index (χ0v) is 40.0. The van der Waals surface area contributed by atoms with E-state index in [4.69, 9.17) is 44.8 Å². The Balaban J connectivity index is 1.62. The molecule has 17 heteroatoms. The maximum absolute atomic E-state index is 15.0. The van der Waals surface area contributed by atoms with Crippen LogP contribution in [-0.2, 0) is 49.2 Å². The van der Waals surface area contributed by atoms with E-state index >= 15 is 0 Å². The number of aliphatic hydroxyl groups excluding tert-OH is 1. The van der Waals surface area contributed by atoms with Crippen molar-refractivity contribution in [2.24, 2.45) is 23.7 Å². The van der Waals surface area contributed by atoms with Crippen LogP contribution in [0.4, 0.5) is 14.4 Å². The van der Waals surface area contributed by atoms with Gasteiger partial charge in [-0.2, -0.15) is 0 Å². The number of ether oxygens (including phenoxy) is 7. The molecule has 1 aromatic rings. The molecule has 0 aromatic heterocycles. The van der Waals surface area contributed by atoms with E-state index in [9.17, 15) is 29.1 Å². The number of esters is 1. The van der Waals surface area contributed by atoms with Crippen molar-refractivity contribution in [1.82, 2.24) is 14.7 Å². The van der Waals surface area contributed by atoms with Crippen molar-refractivity contribution in [3.8, 4) is 0 Å². The number of hydrogen-bond donors (Lipinski definition) is 1. The number of carbonyl (C=O) groups excluding carboxylic acids is 5. The molecule has 4 fully saturated rings. The van der Waals surface area contributed by atoms with Crippen LogP contribution in [0, 0.1) is 23.7 Å². The lowest BCUT2D eigenvalue weighted by Gasteiger charge is -2.49. The second-order valence-corrected chi connectivity index (χ2v) is 19.4. The number of carbonyl (C=O) groups is 5. The van der Waals surface area contributed by atoms with Crippen LogP contribution in [0.2, 0.25) is 5.02 Å². The van der Waals surface area contributed by atoms with Crippen LogP contribution in [-0.4, -0.2) is 149 Å². The van der Waals surface area contributed by atoms with Crippen molar-refractivity contribution < 1.29 is 62.2 Å². The van der Waals surface area contributed by atoms with E-state index in [1.807, 2.05) is 40.0 Å². The van der Waals surface area contributed by atoms with Crippen molar-refractivity contribution in [2.75, 3.05) is 27.3 Å². The maximum atomic E-state index is 15.0. The summed E-state index contributed by atoms with van der Waals surface area (Å²) >= 11 is 6.15. The molecule has 0 spiro atoms. The normalized spacial score (nSPS) is 38.3. The number of halogens is 1. The number of likely N-dealkylation sites (N-methyl/N-ethyl adjacent to an activating group) is 1. The van der Waals surface area contributed by atoms with Crippen LogP contribution in [0.25, 0.3) is 0 Å². The highest BCUT2D eigenvalue weighted by Crippen LogP contribution is 2.44. The molecule has 15 atom stereocenters. The second-order valence-electron chi connectivity index (χ2n) is 18.9. The highest BCUT2D eigenvalue weighted by atomic mass is 35.5. The Morgan fingerprint density at radius 1 is 1.02 bits per heavy atom. The monoisotopic (exact) mass is 907 g/mol. The molecule has 16 nitrogen and oxygen atoms in total. The highest BCUT2D eigenvalue weighted by molar-refractivity contribution is 6.30. The van der Waals surface area contributed by atoms with Crippen molar-refractivity contribution in [3.63, 3.8) is 0 Å². The zero-order chi connectivity index (χ0) is 46.9. The van der Waals surface area contributed by atoms with Gasteiger partial charge in [-0.25, -0.2) is 19.3 Å². The van der Waals surface area contributed by atoms with Gasteiger partial charge in [0, 0.05) is 48.5 Å². The summed E-state index contributed by atoms with van der Waals surface area (Å²) in [7, 11) is 3.41. The third kappa shape index (κ3) is 10.5. The fraction of sp³-hybridized carbons (Fsp3) is 0.761. The molecule has 1 N–H and O–H groups in total. The topological polar surface area (TPSA) is 180 Å². The van der Waals surface area contributed by atoms with E-state index in [1.165, 1.54) is 7.11 Å². The van der Waals surface area contributed by atoms with Crippen molar-refractivity contribution in [3.05, 3.63) is 34.9 Å². The molecule has 1 aromatic carbocycles. The largest absolute Gasteiger partial charge is 0.458 e. The Kier molecular flexibility index (Phi) is 16.3. The summed E-state index contributed by atoms with van der Waals surface area (Å²) in [6, 6.07) is 5.47. The number of hydrogen-bond acceptors (Lipinski definition) is 14. The first-order valence-electron chi connectivity index (χ1n) is 22.4. The molecular weight excluding hydrogens is 838 g/mol. The van der Waals surface area contributed by atoms with Gasteiger partial charge in [-0.3, -0.25) is 19.4 Å². The summed E-state index contributed by atoms with van der Waals surface area (Å²) in [6.07, 6.45) is -7.58. The quantitative estimate of drug-likeness (QED) is 0.195. The molecule has 4 heterocycles. The molecule has 63 heavy (non-hydrogen) atoms. The molecule has 354 valence electrons. The molecule has 3 amide bonds. The van der Waals surface area contributed by atoms with Gasteiger partial charge in [0.2, 0.25) is 0 Å². The van der Waals surface area contributed by atoms with E-state index in [0.29, 0.717) is 17.9 Å². The number of nitrogens with zero attached hydrogens (tertiary/aromatic N) is 3. The smallest absolute Gasteiger partial charge is 0.419 e. The van der Waals surface area contributed by atoms with Gasteiger partial charge in [0.25, 0.3) is 0 Å². The van der Waals surface area contributed by atoms with Crippen molar-refractivity contribution in [1.29, 1.82) is 0 Å². The summed E-state index contributed by atoms with van der Waals surface area (Å²) in [5.74, 6) is -4.68. The number of benzene rings is 1. The van der Waals surface area contributed by atoms with Crippen LogP contribution in [0.15, 0.2) is 24.3 Å². The van der Waals surface area contributed by atoms with E-state index in [2.05, 4.69) is 4.90 Å². The van der Waals surface area contributed by atoms with Gasteiger partial charge in [-0.15, -0.1) is 0 Å². The average Bonchev–Trinajstić information content (AvgIpc) is 3.71. The number of amides is 3. The number of fused-ring (bicyclic) bond motifs is 1. The predicted octanol–water partition coefficient (Wildman–Crippen LogP) is 6.64. The molecular formula is C46H70ClN3O13. The Bertz CT molecular complexity index is 1800. The van der Waals surface area contributed by atoms with Gasteiger partial charge in [0.05, 0.1) is 35.8 Å². The minimum Gasteiger partial charge on any atom is -0.458 e. The fourth-order valence-electron chi connectivity index (χ4n) is 10.2. The summed E-state index contributed by atoms with van der Waals surface area (Å²) in [5.41, 5.74) is -1.95.